The van der Waals surface area contributed by atoms with Crippen molar-refractivity contribution in [2.75, 3.05) is 24.5 Å². The van der Waals surface area contributed by atoms with Gasteiger partial charge in [-0.1, -0.05) is 6.92 Å². The summed E-state index contributed by atoms with van der Waals surface area (Å²) in [5, 5.41) is 14.4. The monoisotopic (exact) mass is 389 g/mol. The van der Waals surface area contributed by atoms with Crippen LogP contribution in [0.25, 0.3) is 0 Å². The summed E-state index contributed by atoms with van der Waals surface area (Å²) in [7, 11) is 0. The number of anilines is 1. The Morgan fingerprint density at radius 3 is 2.90 bits per heavy atom. The van der Waals surface area contributed by atoms with Crippen LogP contribution in [0.1, 0.15) is 26.2 Å². The molecule has 0 radical (unpaired) electrons. The van der Waals surface area contributed by atoms with E-state index in [0.29, 0.717) is 9.61 Å². The van der Waals surface area contributed by atoms with Crippen molar-refractivity contribution in [1.82, 2.24) is 5.32 Å². The van der Waals surface area contributed by atoms with E-state index in [-0.39, 0.29) is 10.6 Å². The number of halogens is 1. The highest BCUT2D eigenvalue weighted by Crippen LogP contribution is 2.27. The Morgan fingerprint density at radius 1 is 1.55 bits per heavy atom. The normalized spacial score (nSPS) is 18.2. The minimum Gasteiger partial charge on any atom is -0.370 e. The number of nitrogens with zero attached hydrogens (tertiary/aromatic N) is 2. The molecule has 0 aliphatic carbocycles. The first-order valence-electron chi connectivity index (χ1n) is 7.04. The molecule has 1 atom stereocenters. The van der Waals surface area contributed by atoms with Crippen LogP contribution in [-0.4, -0.2) is 30.6 Å². The van der Waals surface area contributed by atoms with Crippen molar-refractivity contribution in [1.29, 1.82) is 0 Å². The Balaban J connectivity index is 2.15. The summed E-state index contributed by atoms with van der Waals surface area (Å²) in [6, 6.07) is 5.94. The van der Waals surface area contributed by atoms with Crippen LogP contribution in [0.2, 0.25) is 0 Å². The first kappa shape index (κ1) is 15.5. The topological polar surface area (TPSA) is 58.4 Å². The van der Waals surface area contributed by atoms with Crippen LogP contribution in [-0.2, 0) is 0 Å². The zero-order chi connectivity index (χ0) is 14.5. The molecule has 1 heterocycles. The van der Waals surface area contributed by atoms with E-state index >= 15 is 0 Å². The first-order valence-corrected chi connectivity index (χ1v) is 8.12. The predicted molar refractivity (Wildman–Crippen MR) is 89.3 cm³/mol. The lowest BCUT2D eigenvalue weighted by molar-refractivity contribution is -0.385. The summed E-state index contributed by atoms with van der Waals surface area (Å²) in [4.78, 5) is 12.9. The molecule has 0 aromatic heterocycles. The van der Waals surface area contributed by atoms with Gasteiger partial charge in [0.1, 0.15) is 0 Å². The van der Waals surface area contributed by atoms with Gasteiger partial charge in [-0.15, -0.1) is 0 Å². The molecule has 0 saturated carbocycles. The Labute approximate surface area is 133 Å². The summed E-state index contributed by atoms with van der Waals surface area (Å²) < 4.78 is 0.700. The molecule has 2 rings (SSSR count). The van der Waals surface area contributed by atoms with Crippen LogP contribution >= 0.6 is 22.6 Å². The molecule has 1 saturated heterocycles. The molecule has 1 fully saturated rings. The average Bonchev–Trinajstić information content (AvgIpc) is 2.90. The lowest BCUT2D eigenvalue weighted by Gasteiger charge is -2.27. The van der Waals surface area contributed by atoms with E-state index < -0.39 is 0 Å². The average molecular weight is 389 g/mol. The quantitative estimate of drug-likeness (QED) is 0.461. The summed E-state index contributed by atoms with van der Waals surface area (Å²) in [6.45, 7) is 5.21. The fourth-order valence-corrected chi connectivity index (χ4v) is 3.31. The Kier molecular flexibility index (Phi) is 5.59. The second kappa shape index (κ2) is 7.21. The smallest absolute Gasteiger partial charge is 0.282 e. The lowest BCUT2D eigenvalue weighted by Crippen LogP contribution is -2.38. The van der Waals surface area contributed by atoms with Crippen LogP contribution in [0.15, 0.2) is 18.2 Å². The van der Waals surface area contributed by atoms with Gasteiger partial charge in [-0.25, -0.2) is 0 Å². The second-order valence-corrected chi connectivity index (χ2v) is 6.29. The van der Waals surface area contributed by atoms with Gasteiger partial charge in [0.25, 0.3) is 5.69 Å². The van der Waals surface area contributed by atoms with Crippen molar-refractivity contribution < 1.29 is 4.92 Å². The maximum absolute atomic E-state index is 10.9. The maximum atomic E-state index is 10.9. The number of rotatable bonds is 6. The number of hydrogen-bond acceptors (Lipinski definition) is 4. The fraction of sp³-hybridized carbons (Fsp3) is 0.571. The fourth-order valence-electron chi connectivity index (χ4n) is 2.61. The number of nitro benzene ring substituents is 1. The molecule has 1 aromatic rings. The molecule has 1 aromatic carbocycles. The zero-order valence-electron chi connectivity index (χ0n) is 11.6. The molecule has 1 aliphatic rings. The second-order valence-electron chi connectivity index (χ2n) is 5.13. The molecule has 20 heavy (non-hydrogen) atoms. The molecule has 1 N–H and O–H groups in total. The minimum atomic E-state index is -0.325. The molecule has 1 aliphatic heterocycles. The van der Waals surface area contributed by atoms with Crippen LogP contribution in [0, 0.1) is 13.7 Å². The highest BCUT2D eigenvalue weighted by atomic mass is 127. The molecule has 5 nitrogen and oxygen atoms in total. The van der Waals surface area contributed by atoms with E-state index in [1.165, 1.54) is 12.8 Å². The van der Waals surface area contributed by atoms with E-state index in [4.69, 9.17) is 0 Å². The third kappa shape index (κ3) is 3.82. The van der Waals surface area contributed by atoms with E-state index in [1.807, 2.05) is 34.7 Å². The van der Waals surface area contributed by atoms with Crippen LogP contribution in [0.5, 0.6) is 0 Å². The van der Waals surface area contributed by atoms with Gasteiger partial charge in [0.2, 0.25) is 0 Å². The van der Waals surface area contributed by atoms with Crippen LogP contribution in [0.4, 0.5) is 11.4 Å². The molecule has 0 bridgehead atoms. The summed E-state index contributed by atoms with van der Waals surface area (Å²) in [6.07, 6.45) is 3.52. The predicted octanol–water partition coefficient (Wildman–Crippen LogP) is 3.17. The van der Waals surface area contributed by atoms with E-state index in [1.54, 1.807) is 6.07 Å². The molecule has 110 valence electrons. The van der Waals surface area contributed by atoms with Gasteiger partial charge >= 0.3 is 0 Å². The maximum Gasteiger partial charge on any atom is 0.282 e. The molecule has 1 unspecified atom stereocenters. The van der Waals surface area contributed by atoms with Gasteiger partial charge < -0.3 is 10.2 Å². The molecular weight excluding hydrogens is 369 g/mol. The largest absolute Gasteiger partial charge is 0.370 e. The van der Waals surface area contributed by atoms with Crippen LogP contribution < -0.4 is 10.2 Å². The third-order valence-corrected chi connectivity index (χ3v) is 4.45. The highest BCUT2D eigenvalue weighted by molar-refractivity contribution is 14.1. The van der Waals surface area contributed by atoms with Gasteiger partial charge in [-0.05, 0) is 60.5 Å². The highest BCUT2D eigenvalue weighted by Gasteiger charge is 2.19. The number of nitro groups is 1. The summed E-state index contributed by atoms with van der Waals surface area (Å²) >= 11 is 2.04. The van der Waals surface area contributed by atoms with E-state index in [9.17, 15) is 10.1 Å². The van der Waals surface area contributed by atoms with Crippen molar-refractivity contribution in [2.24, 2.45) is 0 Å². The molecule has 6 heteroatoms. The Bertz CT molecular complexity index is 475. The molecule has 0 amide bonds. The minimum absolute atomic E-state index is 0.185. The third-order valence-electron chi connectivity index (χ3n) is 3.59. The Morgan fingerprint density at radius 2 is 2.35 bits per heavy atom. The van der Waals surface area contributed by atoms with Gasteiger partial charge in [0, 0.05) is 30.9 Å². The van der Waals surface area contributed by atoms with E-state index in [2.05, 4.69) is 17.1 Å². The Hall–Kier alpha value is -0.890. The van der Waals surface area contributed by atoms with E-state index in [0.717, 1.165) is 31.7 Å². The summed E-state index contributed by atoms with van der Waals surface area (Å²) in [5.41, 5.74) is 1.26. The van der Waals surface area contributed by atoms with Gasteiger partial charge in [0.15, 0.2) is 0 Å². The van der Waals surface area contributed by atoms with Crippen molar-refractivity contribution in [3.05, 3.63) is 31.9 Å². The number of nitrogens with one attached hydrogen (secondary N) is 1. The standard InChI is InChI=1S/C14H20IN3O2/c1-2-8-17(10-11-4-3-7-16-11)12-5-6-14(18(19)20)13(15)9-12/h5-6,9,11,16H,2-4,7-8,10H2,1H3. The number of hydrogen-bond donors (Lipinski definition) is 1. The van der Waals surface area contributed by atoms with Crippen molar-refractivity contribution in [2.45, 2.75) is 32.2 Å². The van der Waals surface area contributed by atoms with Gasteiger partial charge in [0.05, 0.1) is 8.49 Å². The lowest BCUT2D eigenvalue weighted by atomic mass is 10.2. The number of benzene rings is 1. The first-order chi connectivity index (χ1) is 9.61. The van der Waals surface area contributed by atoms with Crippen molar-refractivity contribution in [3.63, 3.8) is 0 Å². The molecular formula is C14H20IN3O2. The van der Waals surface area contributed by atoms with Crippen LogP contribution in [0.3, 0.4) is 0 Å². The van der Waals surface area contributed by atoms with Crippen molar-refractivity contribution in [3.8, 4) is 0 Å². The van der Waals surface area contributed by atoms with Crippen molar-refractivity contribution >= 4 is 34.0 Å². The van der Waals surface area contributed by atoms with Gasteiger partial charge in [-0.2, -0.15) is 0 Å². The zero-order valence-corrected chi connectivity index (χ0v) is 13.8. The SMILES string of the molecule is CCCN(CC1CCCN1)c1ccc([N+](=O)[O-])c(I)c1. The molecule has 0 spiro atoms. The van der Waals surface area contributed by atoms with Gasteiger partial charge in [-0.3, -0.25) is 10.1 Å². The summed E-state index contributed by atoms with van der Waals surface area (Å²) in [5.74, 6) is 0.